The zero-order valence-electron chi connectivity index (χ0n) is 11.9. The number of hydrogen-bond acceptors (Lipinski definition) is 3. The lowest BCUT2D eigenvalue weighted by molar-refractivity contribution is -0.385. The Labute approximate surface area is 119 Å². The van der Waals surface area contributed by atoms with Gasteiger partial charge < -0.3 is 5.32 Å². The second-order valence-electron chi connectivity index (χ2n) is 5.71. The van der Waals surface area contributed by atoms with E-state index in [9.17, 15) is 10.1 Å². The van der Waals surface area contributed by atoms with Gasteiger partial charge in [-0.3, -0.25) is 10.1 Å². The van der Waals surface area contributed by atoms with Gasteiger partial charge in [-0.2, -0.15) is 0 Å². The van der Waals surface area contributed by atoms with Gasteiger partial charge in [-0.25, -0.2) is 0 Å². The lowest BCUT2D eigenvalue weighted by Crippen LogP contribution is -2.42. The molecule has 1 atom stereocenters. The fourth-order valence-corrected chi connectivity index (χ4v) is 2.20. The SMILES string of the molecule is CCNC(Cc1ccc(Cl)cc1[N+](=O)[O-])C(C)(C)C. The Morgan fingerprint density at radius 2 is 2.05 bits per heavy atom. The average Bonchev–Trinajstić information content (AvgIpc) is 2.29. The Morgan fingerprint density at radius 1 is 1.42 bits per heavy atom. The summed E-state index contributed by atoms with van der Waals surface area (Å²) in [6, 6.07) is 5.05. The first-order valence-corrected chi connectivity index (χ1v) is 6.79. The second-order valence-corrected chi connectivity index (χ2v) is 6.15. The van der Waals surface area contributed by atoms with E-state index in [0.29, 0.717) is 11.4 Å². The molecule has 5 heteroatoms. The third-order valence-electron chi connectivity index (χ3n) is 3.16. The Hall–Kier alpha value is -1.13. The molecule has 0 heterocycles. The van der Waals surface area contributed by atoms with Crippen LogP contribution in [0.25, 0.3) is 0 Å². The molecule has 0 amide bonds. The summed E-state index contributed by atoms with van der Waals surface area (Å²) in [6.45, 7) is 9.25. The van der Waals surface area contributed by atoms with E-state index < -0.39 is 0 Å². The van der Waals surface area contributed by atoms with Crippen molar-refractivity contribution in [3.05, 3.63) is 38.9 Å². The van der Waals surface area contributed by atoms with Gasteiger partial charge in [0.25, 0.3) is 5.69 Å². The van der Waals surface area contributed by atoms with Gasteiger partial charge in [0.15, 0.2) is 0 Å². The highest BCUT2D eigenvalue weighted by Gasteiger charge is 2.26. The number of halogens is 1. The number of hydrogen-bond donors (Lipinski definition) is 1. The van der Waals surface area contributed by atoms with Crippen molar-refractivity contribution in [2.24, 2.45) is 5.41 Å². The van der Waals surface area contributed by atoms with Crippen LogP contribution in [0.15, 0.2) is 18.2 Å². The van der Waals surface area contributed by atoms with Crippen molar-refractivity contribution < 1.29 is 4.92 Å². The molecule has 0 radical (unpaired) electrons. The van der Waals surface area contributed by atoms with Crippen LogP contribution in [-0.4, -0.2) is 17.5 Å². The predicted octanol–water partition coefficient (Wildman–Crippen LogP) is 3.81. The van der Waals surface area contributed by atoms with E-state index in [1.54, 1.807) is 12.1 Å². The first-order chi connectivity index (χ1) is 8.75. The van der Waals surface area contributed by atoms with E-state index >= 15 is 0 Å². The Morgan fingerprint density at radius 3 is 2.53 bits per heavy atom. The quantitative estimate of drug-likeness (QED) is 0.661. The molecule has 0 aromatic heterocycles. The van der Waals surface area contributed by atoms with Gasteiger partial charge in [0.1, 0.15) is 0 Å². The summed E-state index contributed by atoms with van der Waals surface area (Å²) in [4.78, 5) is 10.7. The largest absolute Gasteiger partial charge is 0.313 e. The molecule has 1 unspecified atom stereocenters. The zero-order chi connectivity index (χ0) is 14.6. The molecule has 0 aliphatic carbocycles. The molecule has 0 saturated carbocycles. The molecule has 1 aromatic carbocycles. The summed E-state index contributed by atoms with van der Waals surface area (Å²) in [5, 5.41) is 14.9. The lowest BCUT2D eigenvalue weighted by Gasteiger charge is -2.31. The number of nitrogens with zero attached hydrogens (tertiary/aromatic N) is 1. The van der Waals surface area contributed by atoms with Crippen molar-refractivity contribution in [1.29, 1.82) is 0 Å². The van der Waals surface area contributed by atoms with Crippen molar-refractivity contribution in [1.82, 2.24) is 5.32 Å². The van der Waals surface area contributed by atoms with Crippen LogP contribution in [0.2, 0.25) is 5.02 Å². The van der Waals surface area contributed by atoms with Crippen molar-refractivity contribution in [3.63, 3.8) is 0 Å². The fourth-order valence-electron chi connectivity index (χ4n) is 2.03. The standard InChI is InChI=1S/C14H21ClN2O2/c1-5-16-13(14(2,3)4)8-10-6-7-11(15)9-12(10)17(18)19/h6-7,9,13,16H,5,8H2,1-4H3. The monoisotopic (exact) mass is 284 g/mol. The van der Waals surface area contributed by atoms with Crippen molar-refractivity contribution in [2.75, 3.05) is 6.54 Å². The first-order valence-electron chi connectivity index (χ1n) is 6.42. The third-order valence-corrected chi connectivity index (χ3v) is 3.40. The van der Waals surface area contributed by atoms with Gasteiger partial charge in [0, 0.05) is 22.7 Å². The molecule has 0 bridgehead atoms. The van der Waals surface area contributed by atoms with E-state index in [1.165, 1.54) is 6.07 Å². The maximum absolute atomic E-state index is 11.1. The summed E-state index contributed by atoms with van der Waals surface area (Å²) in [5.41, 5.74) is 0.846. The van der Waals surface area contributed by atoms with Crippen molar-refractivity contribution in [3.8, 4) is 0 Å². The molecule has 0 saturated heterocycles. The highest BCUT2D eigenvalue weighted by atomic mass is 35.5. The van der Waals surface area contributed by atoms with Gasteiger partial charge >= 0.3 is 0 Å². The molecular weight excluding hydrogens is 264 g/mol. The first kappa shape index (κ1) is 15.9. The van der Waals surface area contributed by atoms with Crippen LogP contribution >= 0.6 is 11.6 Å². The third kappa shape index (κ3) is 4.48. The van der Waals surface area contributed by atoms with Crippen molar-refractivity contribution >= 4 is 17.3 Å². The fraction of sp³-hybridized carbons (Fsp3) is 0.571. The van der Waals surface area contributed by atoms with E-state index in [1.807, 2.05) is 6.92 Å². The number of benzene rings is 1. The van der Waals surface area contributed by atoms with Gasteiger partial charge in [-0.1, -0.05) is 45.4 Å². The number of nitro groups is 1. The van der Waals surface area contributed by atoms with E-state index in [2.05, 4.69) is 26.1 Å². The summed E-state index contributed by atoms with van der Waals surface area (Å²) < 4.78 is 0. The van der Waals surface area contributed by atoms with Gasteiger partial charge in [-0.05, 0) is 24.4 Å². The highest BCUT2D eigenvalue weighted by Crippen LogP contribution is 2.28. The Bertz CT molecular complexity index is 455. The Balaban J connectivity index is 3.06. The molecule has 1 aromatic rings. The summed E-state index contributed by atoms with van der Waals surface area (Å²) in [6.07, 6.45) is 0.616. The van der Waals surface area contributed by atoms with Gasteiger partial charge in [-0.15, -0.1) is 0 Å². The summed E-state index contributed by atoms with van der Waals surface area (Å²) >= 11 is 5.83. The lowest BCUT2D eigenvalue weighted by atomic mass is 9.82. The molecule has 0 fully saturated rings. The summed E-state index contributed by atoms with van der Waals surface area (Å²) in [7, 11) is 0. The number of nitro benzene ring substituents is 1. The van der Waals surface area contributed by atoms with E-state index in [0.717, 1.165) is 12.1 Å². The topological polar surface area (TPSA) is 55.2 Å². The maximum Gasteiger partial charge on any atom is 0.274 e. The molecule has 0 aliphatic rings. The van der Waals surface area contributed by atoms with Crippen LogP contribution in [0, 0.1) is 15.5 Å². The molecule has 4 nitrogen and oxygen atoms in total. The number of rotatable bonds is 5. The van der Waals surface area contributed by atoms with Gasteiger partial charge in [0.2, 0.25) is 0 Å². The molecule has 106 valence electrons. The maximum atomic E-state index is 11.1. The van der Waals surface area contributed by atoms with Crippen LogP contribution in [0.5, 0.6) is 0 Å². The minimum atomic E-state index is -0.368. The van der Waals surface area contributed by atoms with Crippen LogP contribution in [0.1, 0.15) is 33.3 Å². The molecule has 0 aliphatic heterocycles. The molecule has 1 rings (SSSR count). The second kappa shape index (κ2) is 6.35. The van der Waals surface area contributed by atoms with E-state index in [-0.39, 0.29) is 22.1 Å². The minimum absolute atomic E-state index is 0.0313. The number of likely N-dealkylation sites (N-methyl/N-ethyl adjacent to an activating group) is 1. The summed E-state index contributed by atoms with van der Waals surface area (Å²) in [5.74, 6) is 0. The smallest absolute Gasteiger partial charge is 0.274 e. The van der Waals surface area contributed by atoms with Crippen LogP contribution in [-0.2, 0) is 6.42 Å². The highest BCUT2D eigenvalue weighted by molar-refractivity contribution is 6.30. The Kier molecular flexibility index (Phi) is 5.32. The molecule has 19 heavy (non-hydrogen) atoms. The van der Waals surface area contributed by atoms with Crippen LogP contribution < -0.4 is 5.32 Å². The predicted molar refractivity (Wildman–Crippen MR) is 78.7 cm³/mol. The van der Waals surface area contributed by atoms with Crippen LogP contribution in [0.4, 0.5) is 5.69 Å². The molecule has 1 N–H and O–H groups in total. The number of nitrogens with one attached hydrogen (secondary N) is 1. The average molecular weight is 285 g/mol. The molecule has 0 spiro atoms. The molecular formula is C14H21ClN2O2. The van der Waals surface area contributed by atoms with Crippen molar-refractivity contribution in [2.45, 2.75) is 40.2 Å². The minimum Gasteiger partial charge on any atom is -0.313 e. The normalized spacial score (nSPS) is 13.3. The van der Waals surface area contributed by atoms with Gasteiger partial charge in [0.05, 0.1) is 4.92 Å². The zero-order valence-corrected chi connectivity index (χ0v) is 12.6. The van der Waals surface area contributed by atoms with Crippen LogP contribution in [0.3, 0.4) is 0 Å². The van der Waals surface area contributed by atoms with E-state index in [4.69, 9.17) is 11.6 Å².